The number of rotatable bonds is 5. The third-order valence-electron chi connectivity index (χ3n) is 2.55. The molecule has 0 aliphatic heterocycles. The lowest BCUT2D eigenvalue weighted by molar-refractivity contribution is 0.353. The smallest absolute Gasteiger partial charge is 0.0541 e. The summed E-state index contributed by atoms with van der Waals surface area (Å²) >= 11 is 7.84. The summed E-state index contributed by atoms with van der Waals surface area (Å²) in [5.74, 6) is 0.930. The summed E-state index contributed by atoms with van der Waals surface area (Å²) in [7, 11) is 0. The van der Waals surface area contributed by atoms with E-state index >= 15 is 0 Å². The summed E-state index contributed by atoms with van der Waals surface area (Å²) in [6.45, 7) is 6.75. The molecule has 0 radical (unpaired) electrons. The Kier molecular flexibility index (Phi) is 5.84. The second kappa shape index (κ2) is 6.67. The van der Waals surface area contributed by atoms with Gasteiger partial charge in [0.25, 0.3) is 0 Å². The van der Waals surface area contributed by atoms with Gasteiger partial charge < -0.3 is 5.73 Å². The van der Waals surface area contributed by atoms with E-state index in [4.69, 9.17) is 17.3 Å². The van der Waals surface area contributed by atoms with Crippen molar-refractivity contribution in [3.8, 4) is 0 Å². The Morgan fingerprint density at radius 2 is 1.94 bits per heavy atom. The highest BCUT2D eigenvalue weighted by atomic mass is 35.5. The van der Waals surface area contributed by atoms with E-state index in [0.29, 0.717) is 5.41 Å². The zero-order valence-electron chi connectivity index (χ0n) is 10.9. The molecule has 0 heterocycles. The van der Waals surface area contributed by atoms with Crippen LogP contribution in [0.3, 0.4) is 0 Å². The molecule has 0 saturated carbocycles. The summed E-state index contributed by atoms with van der Waals surface area (Å²) in [6, 6.07) is 8.17. The molecule has 1 unspecified atom stereocenters. The molecule has 0 saturated heterocycles. The summed E-state index contributed by atoms with van der Waals surface area (Å²) in [4.78, 5) is 1.13. The van der Waals surface area contributed by atoms with Crippen LogP contribution in [0.5, 0.6) is 0 Å². The van der Waals surface area contributed by atoms with E-state index in [0.717, 1.165) is 28.5 Å². The molecule has 1 atom stereocenters. The number of hydrogen-bond donors (Lipinski definition) is 1. The minimum absolute atomic E-state index is 0.246. The van der Waals surface area contributed by atoms with E-state index in [1.807, 2.05) is 24.3 Å². The Morgan fingerprint density at radius 1 is 1.29 bits per heavy atom. The minimum atomic E-state index is 0.246. The molecule has 0 aliphatic carbocycles. The van der Waals surface area contributed by atoms with Crippen LogP contribution in [-0.4, -0.2) is 11.8 Å². The lowest BCUT2D eigenvalue weighted by Crippen LogP contribution is -2.24. The van der Waals surface area contributed by atoms with E-state index in [1.165, 1.54) is 0 Å². The van der Waals surface area contributed by atoms with Crippen molar-refractivity contribution in [2.75, 3.05) is 5.75 Å². The van der Waals surface area contributed by atoms with Gasteiger partial charge in [0, 0.05) is 16.7 Å². The molecule has 1 aromatic carbocycles. The van der Waals surface area contributed by atoms with Gasteiger partial charge in [0.1, 0.15) is 0 Å². The van der Waals surface area contributed by atoms with Crippen molar-refractivity contribution in [2.45, 2.75) is 44.6 Å². The van der Waals surface area contributed by atoms with Crippen molar-refractivity contribution < 1.29 is 0 Å². The van der Waals surface area contributed by atoms with Gasteiger partial charge in [-0.1, -0.05) is 44.5 Å². The van der Waals surface area contributed by atoms with Gasteiger partial charge in [-0.25, -0.2) is 0 Å². The molecule has 0 aromatic heterocycles. The number of nitrogens with two attached hydrogens (primary N) is 1. The fourth-order valence-corrected chi connectivity index (χ4v) is 2.70. The second-order valence-electron chi connectivity index (χ2n) is 5.60. The lowest BCUT2D eigenvalue weighted by Gasteiger charge is -2.20. The highest BCUT2D eigenvalue weighted by molar-refractivity contribution is 7.99. The topological polar surface area (TPSA) is 26.0 Å². The predicted molar refractivity (Wildman–Crippen MR) is 78.8 cm³/mol. The lowest BCUT2D eigenvalue weighted by atomic mass is 9.89. The number of thioether (sulfide) groups is 1. The highest BCUT2D eigenvalue weighted by Gasteiger charge is 2.13. The van der Waals surface area contributed by atoms with Crippen LogP contribution in [0.15, 0.2) is 29.2 Å². The Labute approximate surface area is 114 Å². The SMILES string of the molecule is CC(C)(C)CCC(N)CSc1ccccc1Cl. The maximum absolute atomic E-state index is 6.11. The Hall–Kier alpha value is -0.180. The minimum Gasteiger partial charge on any atom is -0.327 e. The van der Waals surface area contributed by atoms with Crippen LogP contribution >= 0.6 is 23.4 Å². The molecule has 0 spiro atoms. The van der Waals surface area contributed by atoms with Crippen LogP contribution in [0, 0.1) is 5.41 Å². The maximum atomic E-state index is 6.11. The van der Waals surface area contributed by atoms with Crippen LogP contribution in [0.2, 0.25) is 5.02 Å². The third kappa shape index (κ3) is 6.35. The second-order valence-corrected chi connectivity index (χ2v) is 7.07. The van der Waals surface area contributed by atoms with Gasteiger partial charge in [-0.05, 0) is 30.4 Å². The van der Waals surface area contributed by atoms with Gasteiger partial charge in [-0.3, -0.25) is 0 Å². The largest absolute Gasteiger partial charge is 0.327 e. The van der Waals surface area contributed by atoms with E-state index < -0.39 is 0 Å². The Balaban J connectivity index is 2.34. The number of benzene rings is 1. The maximum Gasteiger partial charge on any atom is 0.0541 e. The molecular formula is C14H22ClNS. The summed E-state index contributed by atoms with van der Waals surface area (Å²) in [5.41, 5.74) is 6.48. The van der Waals surface area contributed by atoms with E-state index in [2.05, 4.69) is 20.8 Å². The van der Waals surface area contributed by atoms with E-state index in [-0.39, 0.29) is 6.04 Å². The molecule has 1 rings (SSSR count). The zero-order chi connectivity index (χ0) is 12.9. The van der Waals surface area contributed by atoms with E-state index in [9.17, 15) is 0 Å². The molecule has 1 nitrogen and oxygen atoms in total. The predicted octanol–water partition coefficient (Wildman–Crippen LogP) is 4.59. The molecular weight excluding hydrogens is 250 g/mol. The first-order chi connectivity index (χ1) is 7.88. The average Bonchev–Trinajstić information content (AvgIpc) is 2.24. The van der Waals surface area contributed by atoms with Crippen molar-refractivity contribution in [1.82, 2.24) is 0 Å². The summed E-state index contributed by atoms with van der Waals surface area (Å²) in [6.07, 6.45) is 2.23. The molecule has 0 bridgehead atoms. The van der Waals surface area contributed by atoms with Gasteiger partial charge in [-0.15, -0.1) is 11.8 Å². The van der Waals surface area contributed by atoms with Crippen LogP contribution in [0.4, 0.5) is 0 Å². The molecule has 0 amide bonds. The first kappa shape index (κ1) is 14.9. The van der Waals surface area contributed by atoms with Crippen molar-refractivity contribution in [2.24, 2.45) is 11.1 Å². The van der Waals surface area contributed by atoms with Crippen LogP contribution in [0.1, 0.15) is 33.6 Å². The van der Waals surface area contributed by atoms with Gasteiger partial charge >= 0.3 is 0 Å². The Bertz CT molecular complexity index is 346. The first-order valence-corrected chi connectivity index (χ1v) is 7.38. The quantitative estimate of drug-likeness (QED) is 0.793. The summed E-state index contributed by atoms with van der Waals surface area (Å²) < 4.78 is 0. The average molecular weight is 272 g/mol. The first-order valence-electron chi connectivity index (χ1n) is 6.01. The highest BCUT2D eigenvalue weighted by Crippen LogP contribution is 2.28. The van der Waals surface area contributed by atoms with Crippen LogP contribution < -0.4 is 5.73 Å². The molecule has 0 fully saturated rings. The molecule has 3 heteroatoms. The monoisotopic (exact) mass is 271 g/mol. The van der Waals surface area contributed by atoms with Crippen molar-refractivity contribution >= 4 is 23.4 Å². The molecule has 96 valence electrons. The van der Waals surface area contributed by atoms with Crippen LogP contribution in [0.25, 0.3) is 0 Å². The molecule has 0 aliphatic rings. The van der Waals surface area contributed by atoms with Gasteiger partial charge in [0.2, 0.25) is 0 Å². The standard InChI is InChI=1S/C14H22ClNS/c1-14(2,3)9-8-11(16)10-17-13-7-5-4-6-12(13)15/h4-7,11H,8-10,16H2,1-3H3. The molecule has 2 N–H and O–H groups in total. The van der Waals surface area contributed by atoms with Gasteiger partial charge in [0.15, 0.2) is 0 Å². The van der Waals surface area contributed by atoms with Crippen molar-refractivity contribution in [3.63, 3.8) is 0 Å². The zero-order valence-corrected chi connectivity index (χ0v) is 12.4. The number of hydrogen-bond acceptors (Lipinski definition) is 2. The fraction of sp³-hybridized carbons (Fsp3) is 0.571. The van der Waals surface area contributed by atoms with Crippen molar-refractivity contribution in [3.05, 3.63) is 29.3 Å². The summed E-state index contributed by atoms with van der Waals surface area (Å²) in [5, 5.41) is 0.820. The van der Waals surface area contributed by atoms with E-state index in [1.54, 1.807) is 11.8 Å². The molecule has 1 aromatic rings. The Morgan fingerprint density at radius 3 is 2.53 bits per heavy atom. The number of halogens is 1. The van der Waals surface area contributed by atoms with Gasteiger partial charge in [-0.2, -0.15) is 0 Å². The third-order valence-corrected chi connectivity index (χ3v) is 4.26. The fourth-order valence-electron chi connectivity index (χ4n) is 1.46. The van der Waals surface area contributed by atoms with Gasteiger partial charge in [0.05, 0.1) is 5.02 Å². The van der Waals surface area contributed by atoms with Crippen molar-refractivity contribution in [1.29, 1.82) is 0 Å². The normalized spacial score (nSPS) is 13.7. The molecule has 17 heavy (non-hydrogen) atoms. The van der Waals surface area contributed by atoms with Crippen LogP contribution in [-0.2, 0) is 0 Å².